The molecule has 0 spiro atoms. The van der Waals surface area contributed by atoms with Crippen molar-refractivity contribution in [1.82, 2.24) is 4.90 Å². The lowest BCUT2D eigenvalue weighted by Gasteiger charge is -2.66. The molecule has 0 heterocycles. The summed E-state index contributed by atoms with van der Waals surface area (Å²) in [6.45, 7) is 14.2. The van der Waals surface area contributed by atoms with Crippen LogP contribution in [0.15, 0.2) is 0 Å². The van der Waals surface area contributed by atoms with Crippen molar-refractivity contribution in [3.8, 4) is 0 Å². The van der Waals surface area contributed by atoms with Gasteiger partial charge in [-0.15, -0.1) is 0 Å². The van der Waals surface area contributed by atoms with Crippen LogP contribution in [0.4, 0.5) is 0 Å². The Hall–Kier alpha value is -1.71. The normalized spacial score (nSPS) is 29.1. The number of nitrogens with zero attached hydrogens (tertiary/aromatic N) is 1. The summed E-state index contributed by atoms with van der Waals surface area (Å²) >= 11 is 0. The zero-order valence-corrected chi connectivity index (χ0v) is 39.1. The summed E-state index contributed by atoms with van der Waals surface area (Å²) in [5, 5.41) is 0. The van der Waals surface area contributed by atoms with E-state index in [1.165, 1.54) is 70.6 Å². The fourth-order valence-electron chi connectivity index (χ4n) is 13.0. The predicted molar refractivity (Wildman–Crippen MR) is 238 cm³/mol. The molecule has 6 bridgehead atoms. The first-order valence-corrected chi connectivity index (χ1v) is 25.5. The van der Waals surface area contributed by atoms with Crippen LogP contribution in [0.5, 0.6) is 0 Å². The molecule has 7 aliphatic rings. The smallest absolute Gasteiger partial charge is 0.306 e. The van der Waals surface area contributed by atoms with Crippen LogP contribution in [0, 0.1) is 33.5 Å². The van der Waals surface area contributed by atoms with E-state index in [9.17, 15) is 14.4 Å². The number of hydrogen-bond donors (Lipinski definition) is 0. The standard InChI is InChI=1S/C51H89NO8/c1-5-9-11-13-15-17-30-56-47(57-31-18-16-14-12-10-6-2)22-21-45(54)59-40-50-33-43-32-49(36-50,39-58-44(53)20-19-29-52(7-3)8-4)37-51(34-43,38-50)41-60-46(55)35-48-26-23-42(24-27-48)25-28-48/h42-43,47H,5-41H2,1-4H3. The largest absolute Gasteiger partial charge is 0.465 e. The second kappa shape index (κ2) is 25.0. The topological polar surface area (TPSA) is 101 Å². The number of fused-ring (bicyclic) bond motifs is 3. The zero-order valence-electron chi connectivity index (χ0n) is 39.1. The molecule has 0 aromatic rings. The Morgan fingerprint density at radius 3 is 1.47 bits per heavy atom. The van der Waals surface area contributed by atoms with Gasteiger partial charge < -0.3 is 28.6 Å². The maximum absolute atomic E-state index is 13.6. The van der Waals surface area contributed by atoms with Gasteiger partial charge >= 0.3 is 17.9 Å². The lowest BCUT2D eigenvalue weighted by Crippen LogP contribution is -2.61. The van der Waals surface area contributed by atoms with Gasteiger partial charge in [0.2, 0.25) is 0 Å². The molecule has 7 fully saturated rings. The van der Waals surface area contributed by atoms with E-state index < -0.39 is 6.29 Å². The highest BCUT2D eigenvalue weighted by molar-refractivity contribution is 5.71. The third kappa shape index (κ3) is 15.5. The average Bonchev–Trinajstić information content (AvgIpc) is 3.24. The highest BCUT2D eigenvalue weighted by Crippen LogP contribution is 2.70. The van der Waals surface area contributed by atoms with E-state index in [1.807, 2.05) is 0 Å². The molecule has 7 saturated carbocycles. The first-order chi connectivity index (χ1) is 29.1. The lowest BCUT2D eigenvalue weighted by molar-refractivity contribution is -0.213. The van der Waals surface area contributed by atoms with Gasteiger partial charge in [-0.3, -0.25) is 14.4 Å². The quantitative estimate of drug-likeness (QED) is 0.0277. The van der Waals surface area contributed by atoms with Crippen molar-refractivity contribution in [1.29, 1.82) is 0 Å². The van der Waals surface area contributed by atoms with Crippen LogP contribution >= 0.6 is 0 Å². The molecule has 4 unspecified atom stereocenters. The van der Waals surface area contributed by atoms with Crippen LogP contribution in [-0.4, -0.2) is 81.8 Å². The summed E-state index contributed by atoms with van der Waals surface area (Å²) in [4.78, 5) is 42.6. The molecular formula is C51H89NO8. The van der Waals surface area contributed by atoms with Crippen LogP contribution in [0.25, 0.3) is 0 Å². The van der Waals surface area contributed by atoms with Gasteiger partial charge in [-0.1, -0.05) is 91.9 Å². The maximum Gasteiger partial charge on any atom is 0.306 e. The van der Waals surface area contributed by atoms with E-state index in [4.69, 9.17) is 23.7 Å². The molecule has 0 N–H and O–H groups in total. The van der Waals surface area contributed by atoms with Gasteiger partial charge in [-0.05, 0) is 133 Å². The SMILES string of the molecule is CCCCCCCCOC(CCC(=O)OCC12CC3CC(COC(=O)CCCN(CC)CC)(C1)CC(COC(=O)CC14CCC(CC1)CC4)(C3)C2)OCCCCCCCC. The minimum Gasteiger partial charge on any atom is -0.465 e. The second-order valence-electron chi connectivity index (χ2n) is 21.0. The van der Waals surface area contributed by atoms with Gasteiger partial charge in [0, 0.05) is 42.3 Å². The number of carbonyl (C=O) groups is 3. The molecule has 0 amide bonds. The van der Waals surface area contributed by atoms with Gasteiger partial charge in [0.25, 0.3) is 0 Å². The van der Waals surface area contributed by atoms with Crippen LogP contribution in [-0.2, 0) is 38.1 Å². The Morgan fingerprint density at radius 1 is 0.533 bits per heavy atom. The summed E-state index contributed by atoms with van der Waals surface area (Å²) in [5.41, 5.74) is -0.439. The molecule has 346 valence electrons. The molecule has 0 aliphatic heterocycles. The number of rotatable bonds is 33. The average molecular weight is 844 g/mol. The Bertz CT molecular complexity index is 1250. The number of hydrogen-bond acceptors (Lipinski definition) is 9. The van der Waals surface area contributed by atoms with E-state index in [2.05, 4.69) is 32.6 Å². The fraction of sp³-hybridized carbons (Fsp3) is 0.941. The van der Waals surface area contributed by atoms with Crippen molar-refractivity contribution >= 4 is 17.9 Å². The summed E-state index contributed by atoms with van der Waals surface area (Å²) < 4.78 is 31.2. The van der Waals surface area contributed by atoms with E-state index in [0.29, 0.717) is 58.2 Å². The van der Waals surface area contributed by atoms with Crippen molar-refractivity contribution in [3.63, 3.8) is 0 Å². The summed E-state index contributed by atoms with van der Waals surface area (Å²) in [5.74, 6) is 0.945. The van der Waals surface area contributed by atoms with Gasteiger partial charge in [-0.2, -0.15) is 0 Å². The molecule has 0 saturated heterocycles. The van der Waals surface area contributed by atoms with E-state index in [0.717, 1.165) is 115 Å². The third-order valence-corrected chi connectivity index (χ3v) is 15.7. The molecule has 0 aromatic carbocycles. The molecule has 60 heavy (non-hydrogen) atoms. The van der Waals surface area contributed by atoms with Gasteiger partial charge in [-0.25, -0.2) is 0 Å². The lowest BCUT2D eigenvalue weighted by atomic mass is 9.40. The Morgan fingerprint density at radius 2 is 0.983 bits per heavy atom. The fourth-order valence-corrected chi connectivity index (χ4v) is 13.0. The number of esters is 3. The van der Waals surface area contributed by atoms with Crippen molar-refractivity contribution in [2.45, 2.75) is 220 Å². The first-order valence-electron chi connectivity index (χ1n) is 25.5. The van der Waals surface area contributed by atoms with Gasteiger partial charge in [0.15, 0.2) is 6.29 Å². The van der Waals surface area contributed by atoms with E-state index in [-0.39, 0.29) is 46.0 Å². The number of ether oxygens (including phenoxy) is 5. The molecule has 7 aliphatic carbocycles. The van der Waals surface area contributed by atoms with E-state index in [1.54, 1.807) is 0 Å². The highest BCUT2D eigenvalue weighted by Gasteiger charge is 2.64. The van der Waals surface area contributed by atoms with Crippen LogP contribution in [0.1, 0.15) is 214 Å². The van der Waals surface area contributed by atoms with Crippen molar-refractivity contribution in [3.05, 3.63) is 0 Å². The molecular weight excluding hydrogens is 755 g/mol. The summed E-state index contributed by atoms with van der Waals surface area (Å²) in [6, 6.07) is 0. The van der Waals surface area contributed by atoms with E-state index >= 15 is 0 Å². The number of carbonyl (C=O) groups excluding carboxylic acids is 3. The Labute approximate surface area is 366 Å². The van der Waals surface area contributed by atoms with Crippen LogP contribution in [0.3, 0.4) is 0 Å². The molecule has 9 nitrogen and oxygen atoms in total. The van der Waals surface area contributed by atoms with Crippen LogP contribution < -0.4 is 0 Å². The first kappa shape index (κ1) is 49.3. The zero-order chi connectivity index (χ0) is 42.7. The minimum atomic E-state index is -0.394. The maximum atomic E-state index is 13.6. The summed E-state index contributed by atoms with van der Waals surface area (Å²) in [6.07, 6.45) is 29.5. The minimum absolute atomic E-state index is 0.0350. The van der Waals surface area contributed by atoms with Gasteiger partial charge in [0.1, 0.15) is 0 Å². The summed E-state index contributed by atoms with van der Waals surface area (Å²) in [7, 11) is 0. The Kier molecular flexibility index (Phi) is 20.5. The molecule has 9 heteroatoms. The Balaban J connectivity index is 1.17. The molecule has 0 aromatic heterocycles. The van der Waals surface area contributed by atoms with Crippen molar-refractivity contribution in [2.75, 3.05) is 52.7 Å². The van der Waals surface area contributed by atoms with Crippen LogP contribution in [0.2, 0.25) is 0 Å². The molecule has 0 radical (unpaired) electrons. The molecule has 7 rings (SSSR count). The molecule has 4 atom stereocenters. The third-order valence-electron chi connectivity index (χ3n) is 15.7. The monoisotopic (exact) mass is 844 g/mol. The highest BCUT2D eigenvalue weighted by atomic mass is 16.7. The number of unbranched alkanes of at least 4 members (excludes halogenated alkanes) is 10. The predicted octanol–water partition coefficient (Wildman–Crippen LogP) is 11.9. The van der Waals surface area contributed by atoms with Gasteiger partial charge in [0.05, 0.1) is 32.7 Å². The van der Waals surface area contributed by atoms with Crippen molar-refractivity contribution in [2.24, 2.45) is 33.5 Å². The second-order valence-corrected chi connectivity index (χ2v) is 21.0. The van der Waals surface area contributed by atoms with Crippen molar-refractivity contribution < 1.29 is 38.1 Å².